The van der Waals surface area contributed by atoms with Gasteiger partial charge in [0.05, 0.1) is 23.6 Å². The third kappa shape index (κ3) is 4.42. The van der Waals surface area contributed by atoms with Crippen molar-refractivity contribution in [3.8, 4) is 5.69 Å². The highest BCUT2D eigenvalue weighted by molar-refractivity contribution is 7.89. The van der Waals surface area contributed by atoms with Crippen molar-refractivity contribution in [1.29, 1.82) is 0 Å². The molecule has 2 aliphatic rings. The van der Waals surface area contributed by atoms with Gasteiger partial charge in [-0.2, -0.15) is 19.3 Å². The molecule has 9 nitrogen and oxygen atoms in total. The molecule has 0 amide bonds. The quantitative estimate of drug-likeness (QED) is 0.383. The summed E-state index contributed by atoms with van der Waals surface area (Å²) in [6.07, 6.45) is 4.04. The van der Waals surface area contributed by atoms with Gasteiger partial charge in [-0.3, -0.25) is 4.90 Å². The summed E-state index contributed by atoms with van der Waals surface area (Å²) in [6.45, 7) is 3.06. The maximum atomic E-state index is 14.9. The molecular weight excluding hydrogens is 500 g/mol. The molecule has 1 atom stereocenters. The van der Waals surface area contributed by atoms with Crippen LogP contribution in [0.25, 0.3) is 16.6 Å². The van der Waals surface area contributed by atoms with Gasteiger partial charge in [0.1, 0.15) is 11.5 Å². The van der Waals surface area contributed by atoms with E-state index in [1.165, 1.54) is 27.4 Å². The minimum absolute atomic E-state index is 0.0981. The Morgan fingerprint density at radius 2 is 1.84 bits per heavy atom. The van der Waals surface area contributed by atoms with E-state index in [9.17, 15) is 17.2 Å². The summed E-state index contributed by atoms with van der Waals surface area (Å²) in [6, 6.07) is 9.77. The second-order valence-corrected chi connectivity index (χ2v) is 11.9. The lowest BCUT2D eigenvalue weighted by Gasteiger charge is -2.42. The van der Waals surface area contributed by atoms with Crippen molar-refractivity contribution < 1.29 is 17.2 Å². The van der Waals surface area contributed by atoms with E-state index in [0.717, 1.165) is 27.7 Å². The Balaban J connectivity index is 1.38. The molecule has 2 fully saturated rings. The maximum absolute atomic E-state index is 14.9. The molecule has 0 unspecified atom stereocenters. The largest absolute Gasteiger partial charge is 0.291 e. The number of piperazine rings is 1. The molecule has 4 aromatic rings. The number of hydrogen-bond acceptors (Lipinski definition) is 6. The molecule has 0 N–H and O–H groups in total. The number of alkyl halides is 1. The molecule has 2 aromatic heterocycles. The average Bonchev–Trinajstić information content (AvgIpc) is 3.23. The molecule has 1 saturated carbocycles. The highest BCUT2D eigenvalue weighted by Gasteiger charge is 2.47. The van der Waals surface area contributed by atoms with Crippen LogP contribution in [-0.4, -0.2) is 74.2 Å². The first-order valence-corrected chi connectivity index (χ1v) is 13.6. The Hall–Kier alpha value is -3.22. The van der Waals surface area contributed by atoms with Gasteiger partial charge in [0, 0.05) is 44.7 Å². The number of benzene rings is 2. The Bertz CT molecular complexity index is 1580. The zero-order valence-corrected chi connectivity index (χ0v) is 21.4. The monoisotopic (exact) mass is 527 g/mol. The van der Waals surface area contributed by atoms with Gasteiger partial charge in [-0.05, 0) is 67.3 Å². The van der Waals surface area contributed by atoms with E-state index in [1.54, 1.807) is 30.1 Å². The van der Waals surface area contributed by atoms with Crippen molar-refractivity contribution in [1.82, 2.24) is 34.0 Å². The third-order valence-corrected chi connectivity index (χ3v) is 9.03. The number of aryl methyl sites for hydroxylation is 2. The van der Waals surface area contributed by atoms with Gasteiger partial charge in [-0.25, -0.2) is 21.9 Å². The van der Waals surface area contributed by atoms with Gasteiger partial charge in [0.2, 0.25) is 5.03 Å². The van der Waals surface area contributed by atoms with Gasteiger partial charge in [-0.15, -0.1) is 5.10 Å². The van der Waals surface area contributed by atoms with Crippen molar-refractivity contribution in [3.63, 3.8) is 0 Å². The van der Waals surface area contributed by atoms with E-state index in [4.69, 9.17) is 0 Å². The Morgan fingerprint density at radius 1 is 1.08 bits per heavy atom. The standard InChI is InChI=1S/C25H27F2N7O2S/c1-17-11-22-18(13-29-34(22)20-5-3-19(26)4-6-20)12-21(17)23-15-33(10-9-32(23)16-25(27)7-8-25)37(35,36)24-14-28-31(2)30-24/h3-6,11-14,23H,7-10,15-16H2,1-2H3/t23-/m0/s1. The van der Waals surface area contributed by atoms with Crippen LogP contribution in [0.4, 0.5) is 8.78 Å². The zero-order valence-electron chi connectivity index (χ0n) is 20.5. The van der Waals surface area contributed by atoms with Crippen LogP contribution in [0.3, 0.4) is 0 Å². The number of hydrogen-bond donors (Lipinski definition) is 0. The summed E-state index contributed by atoms with van der Waals surface area (Å²) >= 11 is 0. The first-order valence-electron chi connectivity index (χ1n) is 12.2. The highest BCUT2D eigenvalue weighted by atomic mass is 32.2. The fourth-order valence-electron chi connectivity index (χ4n) is 5.08. The summed E-state index contributed by atoms with van der Waals surface area (Å²) in [5.41, 5.74) is 2.24. The van der Waals surface area contributed by atoms with Crippen molar-refractivity contribution in [2.24, 2.45) is 7.05 Å². The van der Waals surface area contributed by atoms with Crippen LogP contribution in [-0.2, 0) is 17.1 Å². The van der Waals surface area contributed by atoms with E-state index >= 15 is 0 Å². The smallest absolute Gasteiger partial charge is 0.264 e. The molecule has 6 rings (SSSR count). The van der Waals surface area contributed by atoms with Gasteiger partial charge in [0.15, 0.2) is 0 Å². The van der Waals surface area contributed by atoms with Crippen LogP contribution in [0, 0.1) is 12.7 Å². The fraction of sp³-hybridized carbons (Fsp3) is 0.400. The van der Waals surface area contributed by atoms with E-state index in [2.05, 4.69) is 20.2 Å². The molecule has 12 heteroatoms. The number of nitrogens with zero attached hydrogens (tertiary/aromatic N) is 7. The molecule has 0 radical (unpaired) electrons. The highest BCUT2D eigenvalue weighted by Crippen LogP contribution is 2.43. The molecule has 1 aliphatic heterocycles. The Kier molecular flexibility index (Phi) is 5.66. The van der Waals surface area contributed by atoms with Gasteiger partial charge >= 0.3 is 0 Å². The molecule has 1 saturated heterocycles. The second-order valence-electron chi connectivity index (χ2n) is 9.97. The van der Waals surface area contributed by atoms with Crippen LogP contribution in [0.2, 0.25) is 0 Å². The van der Waals surface area contributed by atoms with Crippen LogP contribution in [0.15, 0.2) is 53.8 Å². The van der Waals surface area contributed by atoms with Gasteiger partial charge < -0.3 is 0 Å². The number of rotatable bonds is 6. The van der Waals surface area contributed by atoms with Gasteiger partial charge in [-0.1, -0.05) is 0 Å². The average molecular weight is 528 g/mol. The third-order valence-electron chi connectivity index (χ3n) is 7.30. The van der Waals surface area contributed by atoms with Crippen molar-refractivity contribution in [2.45, 2.75) is 36.5 Å². The van der Waals surface area contributed by atoms with Crippen LogP contribution in [0.5, 0.6) is 0 Å². The Labute approximate surface area is 213 Å². The van der Waals surface area contributed by atoms with Crippen LogP contribution < -0.4 is 0 Å². The molecule has 1 aliphatic carbocycles. The summed E-state index contributed by atoms with van der Waals surface area (Å²) < 4.78 is 58.2. The second kappa shape index (κ2) is 8.67. The zero-order chi connectivity index (χ0) is 25.9. The van der Waals surface area contributed by atoms with Crippen LogP contribution in [0.1, 0.15) is 30.0 Å². The summed E-state index contributed by atoms with van der Waals surface area (Å²) in [5.74, 6) is -0.321. The van der Waals surface area contributed by atoms with E-state index in [0.29, 0.717) is 19.4 Å². The van der Waals surface area contributed by atoms with Crippen molar-refractivity contribution >= 4 is 20.9 Å². The minimum atomic E-state index is -3.85. The molecule has 37 heavy (non-hydrogen) atoms. The summed E-state index contributed by atoms with van der Waals surface area (Å²) in [4.78, 5) is 3.28. The van der Waals surface area contributed by atoms with E-state index in [-0.39, 0.29) is 36.5 Å². The lowest BCUT2D eigenvalue weighted by molar-refractivity contribution is 0.0801. The summed E-state index contributed by atoms with van der Waals surface area (Å²) in [5, 5.41) is 13.2. The fourth-order valence-corrected chi connectivity index (χ4v) is 6.40. The number of halogens is 2. The number of sulfonamides is 1. The molecule has 2 aromatic carbocycles. The number of aromatic nitrogens is 5. The first kappa shape index (κ1) is 24.1. The first-order chi connectivity index (χ1) is 17.6. The SMILES string of the molecule is Cc1cc2c(cnn2-c2ccc(F)cc2)cc1[C@@H]1CN(S(=O)(=O)c2cnn(C)n2)CCN1CC1(F)CC1. The normalized spacial score (nSPS) is 20.5. The van der Waals surface area contributed by atoms with Gasteiger partial charge in [0.25, 0.3) is 10.0 Å². The molecule has 0 bridgehead atoms. The topological polar surface area (TPSA) is 89.2 Å². The molecule has 0 spiro atoms. The van der Waals surface area contributed by atoms with Crippen molar-refractivity contribution in [2.75, 3.05) is 26.2 Å². The van der Waals surface area contributed by atoms with E-state index in [1.807, 2.05) is 19.1 Å². The predicted molar refractivity (Wildman–Crippen MR) is 133 cm³/mol. The lowest BCUT2D eigenvalue weighted by Crippen LogP contribution is -2.52. The predicted octanol–water partition coefficient (Wildman–Crippen LogP) is 3.15. The summed E-state index contributed by atoms with van der Waals surface area (Å²) in [7, 11) is -2.28. The van der Waals surface area contributed by atoms with E-state index < -0.39 is 15.7 Å². The Morgan fingerprint density at radius 3 is 2.51 bits per heavy atom. The lowest BCUT2D eigenvalue weighted by atomic mass is 9.96. The molecule has 3 heterocycles. The van der Waals surface area contributed by atoms with Crippen LogP contribution >= 0.6 is 0 Å². The molecular formula is C25H27F2N7O2S. The minimum Gasteiger partial charge on any atom is -0.291 e. The van der Waals surface area contributed by atoms with Crippen molar-refractivity contribution in [3.05, 3.63) is 65.7 Å². The maximum Gasteiger partial charge on any atom is 0.264 e. The number of fused-ring (bicyclic) bond motifs is 1. The molecule has 194 valence electrons.